The molecule has 0 bridgehead atoms. The van der Waals surface area contributed by atoms with Crippen molar-refractivity contribution in [3.63, 3.8) is 0 Å². The molecule has 0 radical (unpaired) electrons. The van der Waals surface area contributed by atoms with Crippen LogP contribution in [-0.4, -0.2) is 45.2 Å². The maximum Gasteiger partial charge on any atom is 0.208 e. The Morgan fingerprint density at radius 3 is 2.62 bits per heavy atom. The zero-order valence-electron chi connectivity index (χ0n) is 12.5. The minimum absolute atomic E-state index is 0.0812. The van der Waals surface area contributed by atoms with E-state index < -0.39 is 10.0 Å². The Morgan fingerprint density at radius 1 is 1.38 bits per heavy atom. The van der Waals surface area contributed by atoms with Gasteiger partial charge in [0.1, 0.15) is 0 Å². The average Bonchev–Trinajstić information content (AvgIpc) is 2.39. The molecule has 1 atom stereocenters. The summed E-state index contributed by atoms with van der Waals surface area (Å²) in [4.78, 5) is 2.39. The fourth-order valence-corrected chi connectivity index (χ4v) is 3.88. The highest BCUT2D eigenvalue weighted by Gasteiger charge is 2.22. The molecule has 1 fully saturated rings. The molecule has 1 saturated heterocycles. The van der Waals surface area contributed by atoms with Crippen LogP contribution in [0, 0.1) is 0 Å². The molecule has 118 valence electrons. The largest absolute Gasteiger partial charge is 0.303 e. The summed E-state index contributed by atoms with van der Waals surface area (Å²) < 4.78 is 25.2. The molecule has 1 aromatic carbocycles. The standard InChI is InChI=1S/C15H23ClN2O2S/c1-12(13-4-3-5-14(16)10-13)11-18-8-6-15(7-9-18)17-21(2,19)20/h3-5,10,12,15,17H,6-9,11H2,1-2H3/t12-/m0/s1. The smallest absolute Gasteiger partial charge is 0.208 e. The molecule has 0 saturated carbocycles. The van der Waals surface area contributed by atoms with Crippen LogP contribution in [0.3, 0.4) is 0 Å². The lowest BCUT2D eigenvalue weighted by Crippen LogP contribution is -2.45. The molecule has 2 rings (SSSR count). The number of nitrogens with zero attached hydrogens (tertiary/aromatic N) is 1. The lowest BCUT2D eigenvalue weighted by molar-refractivity contribution is 0.199. The number of hydrogen-bond donors (Lipinski definition) is 1. The third-order valence-electron chi connectivity index (χ3n) is 3.92. The molecule has 0 unspecified atom stereocenters. The van der Waals surface area contributed by atoms with Crippen LogP contribution >= 0.6 is 11.6 Å². The van der Waals surface area contributed by atoms with Gasteiger partial charge in [0, 0.05) is 17.6 Å². The summed E-state index contributed by atoms with van der Waals surface area (Å²) in [5.41, 5.74) is 1.25. The first-order valence-corrected chi connectivity index (χ1v) is 9.55. The third-order valence-corrected chi connectivity index (χ3v) is 4.91. The lowest BCUT2D eigenvalue weighted by Gasteiger charge is -2.33. The predicted octanol–water partition coefficient (Wildman–Crippen LogP) is 2.46. The zero-order valence-corrected chi connectivity index (χ0v) is 14.1. The fourth-order valence-electron chi connectivity index (χ4n) is 2.84. The molecule has 6 heteroatoms. The van der Waals surface area contributed by atoms with Gasteiger partial charge in [-0.15, -0.1) is 0 Å². The summed E-state index contributed by atoms with van der Waals surface area (Å²) in [7, 11) is -3.10. The van der Waals surface area contributed by atoms with Gasteiger partial charge in [-0.2, -0.15) is 0 Å². The van der Waals surface area contributed by atoms with Crippen molar-refractivity contribution < 1.29 is 8.42 Å². The van der Waals surface area contributed by atoms with Gasteiger partial charge in [0.2, 0.25) is 10.0 Å². The minimum atomic E-state index is -3.10. The Morgan fingerprint density at radius 2 is 2.05 bits per heavy atom. The Hall–Kier alpha value is -0.620. The van der Waals surface area contributed by atoms with Crippen molar-refractivity contribution in [1.29, 1.82) is 0 Å². The monoisotopic (exact) mass is 330 g/mol. The van der Waals surface area contributed by atoms with Gasteiger partial charge in [0.25, 0.3) is 0 Å². The fraction of sp³-hybridized carbons (Fsp3) is 0.600. The van der Waals surface area contributed by atoms with Gasteiger partial charge >= 0.3 is 0 Å². The summed E-state index contributed by atoms with van der Waals surface area (Å²) >= 11 is 6.03. The minimum Gasteiger partial charge on any atom is -0.303 e. The van der Waals surface area contributed by atoms with Crippen LogP contribution in [0.15, 0.2) is 24.3 Å². The van der Waals surface area contributed by atoms with E-state index in [9.17, 15) is 8.42 Å². The van der Waals surface area contributed by atoms with E-state index in [1.54, 1.807) is 0 Å². The van der Waals surface area contributed by atoms with Crippen molar-refractivity contribution in [1.82, 2.24) is 9.62 Å². The van der Waals surface area contributed by atoms with Crippen LogP contribution in [0.1, 0.15) is 31.2 Å². The van der Waals surface area contributed by atoms with Gasteiger partial charge in [-0.1, -0.05) is 30.7 Å². The quantitative estimate of drug-likeness (QED) is 0.902. The summed E-state index contributed by atoms with van der Waals surface area (Å²) in [6.45, 7) is 5.04. The van der Waals surface area contributed by atoms with Crippen molar-refractivity contribution in [3.8, 4) is 0 Å². The molecule has 0 aromatic heterocycles. The number of rotatable bonds is 5. The normalized spacial score (nSPS) is 19.6. The van der Waals surface area contributed by atoms with E-state index in [2.05, 4.69) is 22.6 Å². The molecule has 0 amide bonds. The van der Waals surface area contributed by atoms with Gasteiger partial charge in [-0.3, -0.25) is 0 Å². The summed E-state index contributed by atoms with van der Waals surface area (Å²) in [5.74, 6) is 0.420. The topological polar surface area (TPSA) is 49.4 Å². The SMILES string of the molecule is C[C@@H](CN1CCC(NS(C)(=O)=O)CC1)c1cccc(Cl)c1. The highest BCUT2D eigenvalue weighted by molar-refractivity contribution is 7.88. The van der Waals surface area contributed by atoms with Crippen molar-refractivity contribution >= 4 is 21.6 Å². The van der Waals surface area contributed by atoms with Crippen LogP contribution in [0.2, 0.25) is 5.02 Å². The molecule has 1 aliphatic heterocycles. The van der Waals surface area contributed by atoms with Crippen LogP contribution < -0.4 is 4.72 Å². The molecular formula is C15H23ClN2O2S. The molecular weight excluding hydrogens is 308 g/mol. The number of piperidine rings is 1. The first kappa shape index (κ1) is 16.7. The van der Waals surface area contributed by atoms with Gasteiger partial charge < -0.3 is 4.90 Å². The van der Waals surface area contributed by atoms with E-state index in [1.807, 2.05) is 18.2 Å². The van der Waals surface area contributed by atoms with Gasteiger partial charge in [-0.25, -0.2) is 13.1 Å². The van der Waals surface area contributed by atoms with Crippen molar-refractivity contribution in [3.05, 3.63) is 34.9 Å². The van der Waals surface area contributed by atoms with E-state index in [0.717, 1.165) is 37.5 Å². The van der Waals surface area contributed by atoms with Gasteiger partial charge in [-0.05, 0) is 49.5 Å². The van der Waals surface area contributed by atoms with E-state index in [1.165, 1.54) is 11.8 Å². The molecule has 4 nitrogen and oxygen atoms in total. The first-order valence-electron chi connectivity index (χ1n) is 7.28. The second kappa shape index (κ2) is 7.09. The molecule has 1 aromatic rings. The van der Waals surface area contributed by atoms with Crippen LogP contribution in [-0.2, 0) is 10.0 Å². The van der Waals surface area contributed by atoms with Crippen LogP contribution in [0.5, 0.6) is 0 Å². The molecule has 21 heavy (non-hydrogen) atoms. The number of nitrogens with one attached hydrogen (secondary N) is 1. The Bertz CT molecular complexity index is 569. The maximum absolute atomic E-state index is 11.2. The Kier molecular flexibility index (Phi) is 5.66. The number of benzene rings is 1. The number of sulfonamides is 1. The van der Waals surface area contributed by atoms with E-state index in [-0.39, 0.29) is 6.04 Å². The average molecular weight is 331 g/mol. The summed E-state index contributed by atoms with van der Waals surface area (Å²) in [5, 5.41) is 0.774. The Labute approximate surface area is 132 Å². The molecule has 0 aliphatic carbocycles. The summed E-state index contributed by atoms with van der Waals surface area (Å²) in [6, 6.07) is 8.08. The van der Waals surface area contributed by atoms with Crippen molar-refractivity contribution in [2.75, 3.05) is 25.9 Å². The second-order valence-corrected chi connectivity index (χ2v) is 8.14. The number of hydrogen-bond acceptors (Lipinski definition) is 3. The molecule has 1 aliphatic rings. The maximum atomic E-state index is 11.2. The zero-order chi connectivity index (χ0) is 15.5. The lowest BCUT2D eigenvalue weighted by atomic mass is 9.98. The number of likely N-dealkylation sites (tertiary alicyclic amines) is 1. The van der Waals surface area contributed by atoms with Crippen LogP contribution in [0.25, 0.3) is 0 Å². The van der Waals surface area contributed by atoms with Gasteiger partial charge in [0.15, 0.2) is 0 Å². The predicted molar refractivity (Wildman–Crippen MR) is 87.3 cm³/mol. The highest BCUT2D eigenvalue weighted by Crippen LogP contribution is 2.22. The number of halogens is 1. The third kappa shape index (κ3) is 5.58. The van der Waals surface area contributed by atoms with E-state index in [4.69, 9.17) is 11.6 Å². The van der Waals surface area contributed by atoms with E-state index in [0.29, 0.717) is 5.92 Å². The highest BCUT2D eigenvalue weighted by atomic mass is 35.5. The molecule has 1 heterocycles. The van der Waals surface area contributed by atoms with Crippen molar-refractivity contribution in [2.24, 2.45) is 0 Å². The van der Waals surface area contributed by atoms with Gasteiger partial charge in [0.05, 0.1) is 6.26 Å². The van der Waals surface area contributed by atoms with Crippen molar-refractivity contribution in [2.45, 2.75) is 31.7 Å². The van der Waals surface area contributed by atoms with E-state index >= 15 is 0 Å². The van der Waals surface area contributed by atoms with Crippen LogP contribution in [0.4, 0.5) is 0 Å². The first-order chi connectivity index (χ1) is 9.83. The molecule has 1 N–H and O–H groups in total. The second-order valence-electron chi connectivity index (χ2n) is 5.92. The molecule has 0 spiro atoms. The summed E-state index contributed by atoms with van der Waals surface area (Å²) in [6.07, 6.45) is 2.96. The Balaban J connectivity index is 1.83.